The van der Waals surface area contributed by atoms with E-state index >= 15 is 0 Å². The van der Waals surface area contributed by atoms with Gasteiger partial charge in [0.15, 0.2) is 0 Å². The zero-order valence-electron chi connectivity index (χ0n) is 12.0. The van der Waals surface area contributed by atoms with E-state index in [0.717, 1.165) is 18.7 Å². The Bertz CT molecular complexity index is 647. The first kappa shape index (κ1) is 15.0. The van der Waals surface area contributed by atoms with Gasteiger partial charge in [-0.1, -0.05) is 31.2 Å². The highest BCUT2D eigenvalue weighted by Gasteiger charge is 2.08. The Morgan fingerprint density at radius 1 is 1.19 bits per heavy atom. The molecule has 0 aromatic heterocycles. The van der Waals surface area contributed by atoms with Crippen LogP contribution in [0.2, 0.25) is 0 Å². The number of hydrogen-bond donors (Lipinski definition) is 2. The van der Waals surface area contributed by atoms with E-state index in [0.29, 0.717) is 22.6 Å². The van der Waals surface area contributed by atoms with Crippen molar-refractivity contribution in [1.29, 1.82) is 5.26 Å². The van der Waals surface area contributed by atoms with E-state index < -0.39 is 0 Å². The molecule has 0 saturated carbocycles. The smallest absolute Gasteiger partial charge is 0.145 e. The molecule has 0 spiro atoms. The van der Waals surface area contributed by atoms with Crippen LogP contribution >= 0.6 is 0 Å². The number of nitriles is 1. The van der Waals surface area contributed by atoms with Crippen LogP contribution in [0.25, 0.3) is 0 Å². The van der Waals surface area contributed by atoms with Crippen molar-refractivity contribution in [2.45, 2.75) is 20.1 Å². The van der Waals surface area contributed by atoms with E-state index in [9.17, 15) is 10.4 Å². The summed E-state index contributed by atoms with van der Waals surface area (Å²) in [4.78, 5) is 0. The van der Waals surface area contributed by atoms with E-state index in [-0.39, 0.29) is 6.61 Å². The predicted octanol–water partition coefficient (Wildman–Crippen LogP) is 2.95. The Labute approximate surface area is 124 Å². The second-order valence-electron chi connectivity index (χ2n) is 4.59. The van der Waals surface area contributed by atoms with E-state index in [4.69, 9.17) is 4.74 Å². The molecule has 0 aliphatic rings. The zero-order chi connectivity index (χ0) is 15.1. The van der Waals surface area contributed by atoms with Crippen molar-refractivity contribution in [3.8, 4) is 17.6 Å². The van der Waals surface area contributed by atoms with Crippen LogP contribution in [0.5, 0.6) is 11.5 Å². The number of aliphatic hydroxyl groups excluding tert-OH is 1. The van der Waals surface area contributed by atoms with Gasteiger partial charge in [-0.25, -0.2) is 0 Å². The first-order valence-corrected chi connectivity index (χ1v) is 6.88. The summed E-state index contributed by atoms with van der Waals surface area (Å²) in [5, 5.41) is 21.8. The SMILES string of the molecule is CCNCc1ccc(Oc2ccccc2CO)c(C#N)c1. The highest BCUT2D eigenvalue weighted by Crippen LogP contribution is 2.28. The normalized spacial score (nSPS) is 10.1. The molecule has 0 fully saturated rings. The van der Waals surface area contributed by atoms with Crippen LogP contribution in [0.15, 0.2) is 42.5 Å². The van der Waals surface area contributed by atoms with Gasteiger partial charge in [0.2, 0.25) is 0 Å². The topological polar surface area (TPSA) is 65.3 Å². The number of hydrogen-bond acceptors (Lipinski definition) is 4. The summed E-state index contributed by atoms with van der Waals surface area (Å²) in [6.45, 7) is 3.54. The number of para-hydroxylation sites is 1. The Balaban J connectivity index is 2.26. The van der Waals surface area contributed by atoms with Gasteiger partial charge in [0.05, 0.1) is 12.2 Å². The largest absolute Gasteiger partial charge is 0.456 e. The summed E-state index contributed by atoms with van der Waals surface area (Å²) in [6, 6.07) is 14.9. The van der Waals surface area contributed by atoms with Gasteiger partial charge in [0, 0.05) is 12.1 Å². The Kier molecular flexibility index (Phi) is 5.33. The van der Waals surface area contributed by atoms with Crippen LogP contribution in [0.3, 0.4) is 0 Å². The molecule has 0 heterocycles. The molecule has 0 atom stereocenters. The second kappa shape index (κ2) is 7.44. The maximum Gasteiger partial charge on any atom is 0.145 e. The third-order valence-corrected chi connectivity index (χ3v) is 3.11. The van der Waals surface area contributed by atoms with Crippen molar-refractivity contribution in [1.82, 2.24) is 5.32 Å². The average Bonchev–Trinajstić information content (AvgIpc) is 2.54. The highest BCUT2D eigenvalue weighted by molar-refractivity contribution is 5.48. The third-order valence-electron chi connectivity index (χ3n) is 3.11. The lowest BCUT2D eigenvalue weighted by atomic mass is 10.1. The Hall–Kier alpha value is -2.35. The molecule has 2 rings (SSSR count). The monoisotopic (exact) mass is 282 g/mol. The fourth-order valence-corrected chi connectivity index (χ4v) is 1.99. The van der Waals surface area contributed by atoms with Gasteiger partial charge in [-0.2, -0.15) is 5.26 Å². The number of aliphatic hydroxyl groups is 1. The van der Waals surface area contributed by atoms with Gasteiger partial charge in [-0.15, -0.1) is 0 Å². The molecule has 0 saturated heterocycles. The number of rotatable bonds is 6. The van der Waals surface area contributed by atoms with Gasteiger partial charge in [-0.3, -0.25) is 0 Å². The molecule has 2 aromatic rings. The first-order chi connectivity index (χ1) is 10.3. The Morgan fingerprint density at radius 3 is 2.71 bits per heavy atom. The number of ether oxygens (including phenoxy) is 1. The molecule has 0 aliphatic heterocycles. The highest BCUT2D eigenvalue weighted by atomic mass is 16.5. The van der Waals surface area contributed by atoms with Crippen LogP contribution in [0, 0.1) is 11.3 Å². The van der Waals surface area contributed by atoms with Crippen molar-refractivity contribution >= 4 is 0 Å². The van der Waals surface area contributed by atoms with E-state index in [1.54, 1.807) is 18.2 Å². The first-order valence-electron chi connectivity index (χ1n) is 6.88. The number of nitrogens with zero attached hydrogens (tertiary/aromatic N) is 1. The number of nitrogens with one attached hydrogen (secondary N) is 1. The zero-order valence-corrected chi connectivity index (χ0v) is 12.0. The lowest BCUT2D eigenvalue weighted by molar-refractivity contribution is 0.276. The molecular weight excluding hydrogens is 264 g/mol. The van der Waals surface area contributed by atoms with Crippen LogP contribution in [-0.4, -0.2) is 11.7 Å². The lowest BCUT2D eigenvalue weighted by Crippen LogP contribution is -2.11. The molecule has 0 amide bonds. The quantitative estimate of drug-likeness (QED) is 0.855. The average molecular weight is 282 g/mol. The summed E-state index contributed by atoms with van der Waals surface area (Å²) >= 11 is 0. The molecule has 4 heteroatoms. The summed E-state index contributed by atoms with van der Waals surface area (Å²) in [7, 11) is 0. The molecule has 4 nitrogen and oxygen atoms in total. The molecular formula is C17H18N2O2. The summed E-state index contributed by atoms with van der Waals surface area (Å²) in [5.41, 5.74) is 2.22. The Morgan fingerprint density at radius 2 is 2.00 bits per heavy atom. The number of benzene rings is 2. The maximum absolute atomic E-state index is 9.31. The second-order valence-corrected chi connectivity index (χ2v) is 4.59. The van der Waals surface area contributed by atoms with Crippen LogP contribution in [-0.2, 0) is 13.2 Å². The van der Waals surface area contributed by atoms with Crippen LogP contribution < -0.4 is 10.1 Å². The molecule has 0 bridgehead atoms. The molecule has 108 valence electrons. The molecule has 0 aliphatic carbocycles. The van der Waals surface area contributed by atoms with Gasteiger partial charge < -0.3 is 15.2 Å². The van der Waals surface area contributed by atoms with Crippen molar-refractivity contribution in [2.75, 3.05) is 6.54 Å². The minimum absolute atomic E-state index is 0.101. The van der Waals surface area contributed by atoms with Crippen LogP contribution in [0.4, 0.5) is 0 Å². The minimum atomic E-state index is -0.101. The van der Waals surface area contributed by atoms with Crippen molar-refractivity contribution in [3.63, 3.8) is 0 Å². The fraction of sp³-hybridized carbons (Fsp3) is 0.235. The molecule has 0 unspecified atom stereocenters. The fourth-order valence-electron chi connectivity index (χ4n) is 1.99. The summed E-state index contributed by atoms with van der Waals surface area (Å²) < 4.78 is 5.78. The summed E-state index contributed by atoms with van der Waals surface area (Å²) in [6.07, 6.45) is 0. The van der Waals surface area contributed by atoms with E-state index in [1.165, 1.54) is 0 Å². The van der Waals surface area contributed by atoms with Crippen molar-refractivity contribution in [3.05, 3.63) is 59.2 Å². The van der Waals surface area contributed by atoms with Gasteiger partial charge in [-0.05, 0) is 30.3 Å². The molecule has 21 heavy (non-hydrogen) atoms. The molecule has 2 aromatic carbocycles. The summed E-state index contributed by atoms with van der Waals surface area (Å²) in [5.74, 6) is 1.06. The predicted molar refractivity (Wildman–Crippen MR) is 81.0 cm³/mol. The van der Waals surface area contributed by atoms with Crippen molar-refractivity contribution < 1.29 is 9.84 Å². The minimum Gasteiger partial charge on any atom is -0.456 e. The van der Waals surface area contributed by atoms with Crippen molar-refractivity contribution in [2.24, 2.45) is 0 Å². The standard InChI is InChI=1S/C17H18N2O2/c1-2-19-11-13-7-8-17(15(9-13)10-18)21-16-6-4-3-5-14(16)12-20/h3-9,19-20H,2,11-12H2,1H3. The van der Waals surface area contributed by atoms with Gasteiger partial charge in [0.25, 0.3) is 0 Å². The lowest BCUT2D eigenvalue weighted by Gasteiger charge is -2.12. The van der Waals surface area contributed by atoms with E-state index in [2.05, 4.69) is 11.4 Å². The molecule has 2 N–H and O–H groups in total. The van der Waals surface area contributed by atoms with Gasteiger partial charge >= 0.3 is 0 Å². The van der Waals surface area contributed by atoms with E-state index in [1.807, 2.05) is 31.2 Å². The van der Waals surface area contributed by atoms with Gasteiger partial charge in [0.1, 0.15) is 17.6 Å². The van der Waals surface area contributed by atoms with Crippen LogP contribution in [0.1, 0.15) is 23.6 Å². The third kappa shape index (κ3) is 3.82. The molecule has 0 radical (unpaired) electrons. The maximum atomic E-state index is 9.31.